The van der Waals surface area contributed by atoms with E-state index >= 15 is 0 Å². The largest absolute Gasteiger partial charge is 0.501 e. The number of allylic oxidation sites excluding steroid dienone is 1. The highest BCUT2D eigenvalue weighted by molar-refractivity contribution is 6.09. The van der Waals surface area contributed by atoms with E-state index < -0.39 is 34.6 Å². The smallest absolute Gasteiger partial charge is 0.326 e. The molecule has 0 unspecified atom stereocenters. The van der Waals surface area contributed by atoms with Crippen molar-refractivity contribution in [3.63, 3.8) is 0 Å². The summed E-state index contributed by atoms with van der Waals surface area (Å²) in [6, 6.07) is 6.88. The van der Waals surface area contributed by atoms with E-state index in [0.29, 0.717) is 12.5 Å². The first-order chi connectivity index (χ1) is 13.7. The second kappa shape index (κ2) is 9.54. The van der Waals surface area contributed by atoms with E-state index in [2.05, 4.69) is 29.1 Å². The SMILES string of the molecule is CC(C)CN=CC(=CN)c1cccc([C@@H](C)NC(=O)c2[nH]c(=O)[nH]c(=O)c2O)c1. The molecule has 0 saturated carbocycles. The fourth-order valence-corrected chi connectivity index (χ4v) is 2.56. The third-order valence-corrected chi connectivity index (χ3v) is 4.09. The summed E-state index contributed by atoms with van der Waals surface area (Å²) in [5.74, 6) is -1.20. The highest BCUT2D eigenvalue weighted by atomic mass is 16.3. The van der Waals surface area contributed by atoms with Crippen LogP contribution in [0.25, 0.3) is 5.57 Å². The lowest BCUT2D eigenvalue weighted by Gasteiger charge is -2.16. The lowest BCUT2D eigenvalue weighted by atomic mass is 10.0. The first-order valence-electron chi connectivity index (χ1n) is 9.11. The van der Waals surface area contributed by atoms with E-state index in [-0.39, 0.29) is 0 Å². The first kappa shape index (κ1) is 21.7. The molecule has 2 rings (SSSR count). The molecule has 0 aliphatic heterocycles. The summed E-state index contributed by atoms with van der Waals surface area (Å²) >= 11 is 0. The van der Waals surface area contributed by atoms with Gasteiger partial charge in [0.1, 0.15) is 0 Å². The normalized spacial score (nSPS) is 13.0. The van der Waals surface area contributed by atoms with Gasteiger partial charge in [-0.05, 0) is 30.0 Å². The summed E-state index contributed by atoms with van der Waals surface area (Å²) in [7, 11) is 0. The van der Waals surface area contributed by atoms with Crippen LogP contribution in [0.1, 0.15) is 48.4 Å². The maximum atomic E-state index is 12.4. The van der Waals surface area contributed by atoms with Gasteiger partial charge in [0.25, 0.3) is 11.5 Å². The van der Waals surface area contributed by atoms with Crippen LogP contribution in [-0.2, 0) is 0 Å². The molecule has 1 aromatic carbocycles. The van der Waals surface area contributed by atoms with E-state index in [1.807, 2.05) is 29.2 Å². The summed E-state index contributed by atoms with van der Waals surface area (Å²) in [6.45, 7) is 6.55. The molecule has 0 fully saturated rings. The van der Waals surface area contributed by atoms with E-state index in [4.69, 9.17) is 5.73 Å². The highest BCUT2D eigenvalue weighted by Crippen LogP contribution is 2.19. The maximum absolute atomic E-state index is 12.4. The van der Waals surface area contributed by atoms with Crippen molar-refractivity contribution in [1.82, 2.24) is 15.3 Å². The van der Waals surface area contributed by atoms with Gasteiger partial charge in [0.05, 0.1) is 6.04 Å². The molecule has 0 aliphatic rings. The molecule has 0 bridgehead atoms. The van der Waals surface area contributed by atoms with E-state index in [1.54, 1.807) is 13.1 Å². The Labute approximate surface area is 167 Å². The number of carbonyl (C=O) groups excluding carboxylic acids is 1. The van der Waals surface area contributed by atoms with Gasteiger partial charge >= 0.3 is 5.69 Å². The molecule has 154 valence electrons. The molecule has 0 spiro atoms. The topological polar surface area (TPSA) is 153 Å². The fourth-order valence-electron chi connectivity index (χ4n) is 2.56. The van der Waals surface area contributed by atoms with Gasteiger partial charge < -0.3 is 16.2 Å². The number of amides is 1. The standard InChI is InChI=1S/C20H25N5O4/c1-11(2)9-22-10-15(8-21)14-6-4-5-13(7-14)12(3)23-18(27)16-17(26)19(28)25-20(29)24-16/h4-8,10-12,26H,9,21H2,1-3H3,(H,23,27)(H2,24,25,28,29)/t12-/m1/s1. The van der Waals surface area contributed by atoms with Crippen molar-refractivity contribution in [1.29, 1.82) is 0 Å². The molecule has 9 nitrogen and oxygen atoms in total. The van der Waals surface area contributed by atoms with E-state index in [9.17, 15) is 19.5 Å². The Kier molecular flexibility index (Phi) is 7.13. The van der Waals surface area contributed by atoms with Gasteiger partial charge in [-0.3, -0.25) is 24.5 Å². The van der Waals surface area contributed by atoms with Crippen LogP contribution in [0.4, 0.5) is 0 Å². The quantitative estimate of drug-likeness (QED) is 0.444. The molecule has 29 heavy (non-hydrogen) atoms. The molecule has 1 atom stereocenters. The van der Waals surface area contributed by atoms with Gasteiger partial charge in [-0.15, -0.1) is 0 Å². The Morgan fingerprint density at radius 3 is 2.66 bits per heavy atom. The Balaban J connectivity index is 2.22. The first-order valence-corrected chi connectivity index (χ1v) is 9.11. The molecule has 2 aromatic rings. The number of aromatic hydroxyl groups is 1. The molecule has 1 heterocycles. The number of aromatic nitrogens is 2. The average molecular weight is 399 g/mol. The van der Waals surface area contributed by atoms with E-state index in [0.717, 1.165) is 16.7 Å². The molecule has 0 saturated heterocycles. The van der Waals surface area contributed by atoms with Gasteiger partial charge in [-0.2, -0.15) is 0 Å². The van der Waals surface area contributed by atoms with Crippen molar-refractivity contribution in [2.45, 2.75) is 26.8 Å². The zero-order valence-electron chi connectivity index (χ0n) is 16.5. The van der Waals surface area contributed by atoms with Crippen LogP contribution < -0.4 is 22.3 Å². The molecule has 0 radical (unpaired) electrons. The molecule has 6 N–H and O–H groups in total. The predicted molar refractivity (Wildman–Crippen MR) is 112 cm³/mol. The van der Waals surface area contributed by atoms with Crippen LogP contribution in [0.3, 0.4) is 0 Å². The van der Waals surface area contributed by atoms with Crippen LogP contribution in [0.5, 0.6) is 5.75 Å². The van der Waals surface area contributed by atoms with Gasteiger partial charge in [0, 0.05) is 24.5 Å². The van der Waals surface area contributed by atoms with Crippen molar-refractivity contribution >= 4 is 17.7 Å². The molecular weight excluding hydrogens is 374 g/mol. The lowest BCUT2D eigenvalue weighted by Crippen LogP contribution is -2.32. The van der Waals surface area contributed by atoms with Crippen molar-refractivity contribution in [2.24, 2.45) is 16.6 Å². The van der Waals surface area contributed by atoms with Crippen LogP contribution in [0.15, 0.2) is 45.0 Å². The minimum Gasteiger partial charge on any atom is -0.501 e. The number of aliphatic imine (C=N–C) groups is 1. The molecule has 9 heteroatoms. The minimum atomic E-state index is -1.04. The average Bonchev–Trinajstić information content (AvgIpc) is 2.67. The number of H-pyrrole nitrogens is 2. The summed E-state index contributed by atoms with van der Waals surface area (Å²) in [4.78, 5) is 43.6. The predicted octanol–water partition coefficient (Wildman–Crippen LogP) is 1.29. The maximum Gasteiger partial charge on any atom is 0.326 e. The number of nitrogens with two attached hydrogens (primary N) is 1. The number of hydrogen-bond acceptors (Lipinski definition) is 6. The number of nitrogens with zero attached hydrogens (tertiary/aromatic N) is 1. The van der Waals surface area contributed by atoms with Crippen LogP contribution in [0.2, 0.25) is 0 Å². The zero-order valence-corrected chi connectivity index (χ0v) is 16.5. The van der Waals surface area contributed by atoms with Gasteiger partial charge in [-0.25, -0.2) is 4.79 Å². The lowest BCUT2D eigenvalue weighted by molar-refractivity contribution is 0.0931. The Morgan fingerprint density at radius 1 is 1.28 bits per heavy atom. The summed E-state index contributed by atoms with van der Waals surface area (Å²) in [6.07, 6.45) is 3.17. The number of hydrogen-bond donors (Lipinski definition) is 5. The summed E-state index contributed by atoms with van der Waals surface area (Å²) in [5.41, 5.74) is 5.65. The number of carbonyl (C=O) groups is 1. The number of aromatic amines is 2. The van der Waals surface area contributed by atoms with Crippen LogP contribution in [-0.4, -0.2) is 33.7 Å². The second-order valence-electron chi connectivity index (χ2n) is 6.96. The minimum absolute atomic E-state index is 0.430. The monoisotopic (exact) mass is 399 g/mol. The number of nitrogens with one attached hydrogen (secondary N) is 3. The molecule has 0 aliphatic carbocycles. The highest BCUT2D eigenvalue weighted by Gasteiger charge is 2.18. The van der Waals surface area contributed by atoms with Crippen LogP contribution in [0, 0.1) is 5.92 Å². The van der Waals surface area contributed by atoms with Gasteiger partial charge in [0.15, 0.2) is 5.69 Å². The van der Waals surface area contributed by atoms with E-state index in [1.165, 1.54) is 6.20 Å². The second-order valence-corrected chi connectivity index (χ2v) is 6.96. The fraction of sp³-hybridized carbons (Fsp3) is 0.300. The zero-order chi connectivity index (χ0) is 21.6. The van der Waals surface area contributed by atoms with Crippen LogP contribution >= 0.6 is 0 Å². The van der Waals surface area contributed by atoms with Crippen molar-refractivity contribution in [2.75, 3.05) is 6.54 Å². The Bertz CT molecular complexity index is 1050. The van der Waals surface area contributed by atoms with Gasteiger partial charge in [0.2, 0.25) is 5.75 Å². The summed E-state index contributed by atoms with van der Waals surface area (Å²) in [5, 5.41) is 12.4. The summed E-state index contributed by atoms with van der Waals surface area (Å²) < 4.78 is 0. The third-order valence-electron chi connectivity index (χ3n) is 4.09. The number of rotatable bonds is 7. The van der Waals surface area contributed by atoms with Gasteiger partial charge in [-0.1, -0.05) is 32.0 Å². The van der Waals surface area contributed by atoms with Crippen molar-refractivity contribution < 1.29 is 9.90 Å². The Hall–Kier alpha value is -3.62. The molecular formula is C20H25N5O4. The molecule has 1 aromatic heterocycles. The number of benzene rings is 1. The molecule has 1 amide bonds. The van der Waals surface area contributed by atoms with Crippen molar-refractivity contribution in [3.8, 4) is 5.75 Å². The third kappa shape index (κ3) is 5.68. The van der Waals surface area contributed by atoms with Crippen molar-refractivity contribution in [3.05, 3.63) is 68.1 Å². The Morgan fingerprint density at radius 2 is 2.00 bits per heavy atom.